The predicted octanol–water partition coefficient (Wildman–Crippen LogP) is 2.92. The highest BCUT2D eigenvalue weighted by Crippen LogP contribution is 2.61. The summed E-state index contributed by atoms with van der Waals surface area (Å²) in [4.78, 5) is 25.4. The van der Waals surface area contributed by atoms with E-state index < -0.39 is 11.3 Å². The number of halogens is 1. The molecule has 1 heterocycles. The van der Waals surface area contributed by atoms with Gasteiger partial charge >= 0.3 is 5.97 Å². The van der Waals surface area contributed by atoms with Crippen molar-refractivity contribution in [1.82, 2.24) is 0 Å². The van der Waals surface area contributed by atoms with Crippen molar-refractivity contribution in [3.8, 4) is 0 Å². The summed E-state index contributed by atoms with van der Waals surface area (Å²) in [6, 6.07) is 5.37. The van der Waals surface area contributed by atoms with E-state index in [1.807, 2.05) is 18.2 Å². The lowest BCUT2D eigenvalue weighted by atomic mass is 9.65. The molecule has 5 heteroatoms. The van der Waals surface area contributed by atoms with Gasteiger partial charge in [0.2, 0.25) is 5.91 Å². The van der Waals surface area contributed by atoms with Crippen LogP contribution in [0.3, 0.4) is 0 Å². The number of allylic oxidation sites excluding steroid dienone is 2. The Labute approximate surface area is 133 Å². The van der Waals surface area contributed by atoms with Crippen LogP contribution < -0.4 is 5.32 Å². The minimum atomic E-state index is -0.869. The summed E-state index contributed by atoms with van der Waals surface area (Å²) >= 11 is 6.15. The minimum Gasteiger partial charge on any atom is -0.466 e. The lowest BCUT2D eigenvalue weighted by molar-refractivity contribution is -0.153. The standard InChI is InChI=1S/C17H16ClNO3/c1-2-22-15(20)14-9-3-4-10(7-9)17(14)12-8-11(18)5-6-13(12)19-16(17)21/h3-6,8-10,14H,2,7H2,1H3,(H,19,21)/t9-,10+,14+,17+/m1/s1. The molecule has 1 aromatic rings. The van der Waals surface area contributed by atoms with Gasteiger partial charge < -0.3 is 10.1 Å². The normalized spacial score (nSPS) is 34.1. The number of amides is 1. The Balaban J connectivity index is 1.92. The number of nitrogens with one attached hydrogen (secondary N) is 1. The molecule has 22 heavy (non-hydrogen) atoms. The molecule has 1 fully saturated rings. The van der Waals surface area contributed by atoms with Crippen molar-refractivity contribution in [2.45, 2.75) is 18.8 Å². The van der Waals surface area contributed by atoms with Crippen molar-refractivity contribution in [3.05, 3.63) is 40.9 Å². The van der Waals surface area contributed by atoms with Crippen LogP contribution in [0.4, 0.5) is 5.69 Å². The number of hydrogen-bond acceptors (Lipinski definition) is 3. The van der Waals surface area contributed by atoms with Gasteiger partial charge in [0.1, 0.15) is 0 Å². The van der Waals surface area contributed by atoms with E-state index in [9.17, 15) is 9.59 Å². The van der Waals surface area contributed by atoms with E-state index in [4.69, 9.17) is 16.3 Å². The Morgan fingerprint density at radius 2 is 2.27 bits per heavy atom. The molecule has 1 aliphatic heterocycles. The van der Waals surface area contributed by atoms with E-state index >= 15 is 0 Å². The van der Waals surface area contributed by atoms with Crippen molar-refractivity contribution in [2.24, 2.45) is 17.8 Å². The second-order valence-electron chi connectivity index (χ2n) is 6.13. The number of carbonyl (C=O) groups is 2. The highest BCUT2D eigenvalue weighted by Gasteiger charge is 2.67. The first kappa shape index (κ1) is 13.8. The van der Waals surface area contributed by atoms with Gasteiger partial charge in [0.15, 0.2) is 0 Å². The van der Waals surface area contributed by atoms with Gasteiger partial charge in [0, 0.05) is 10.7 Å². The smallest absolute Gasteiger partial charge is 0.310 e. The number of carbonyl (C=O) groups excluding carboxylic acids is 2. The van der Waals surface area contributed by atoms with E-state index in [2.05, 4.69) is 11.4 Å². The summed E-state index contributed by atoms with van der Waals surface area (Å²) in [6.45, 7) is 2.10. The van der Waals surface area contributed by atoms with Crippen molar-refractivity contribution >= 4 is 29.2 Å². The van der Waals surface area contributed by atoms with Gasteiger partial charge in [-0.15, -0.1) is 0 Å². The zero-order valence-electron chi connectivity index (χ0n) is 12.1. The Morgan fingerprint density at radius 3 is 3.05 bits per heavy atom. The van der Waals surface area contributed by atoms with E-state index in [-0.39, 0.29) is 23.7 Å². The van der Waals surface area contributed by atoms with Crippen LogP contribution in [-0.4, -0.2) is 18.5 Å². The fraction of sp³-hybridized carbons (Fsp3) is 0.412. The zero-order chi connectivity index (χ0) is 15.5. The molecule has 1 N–H and O–H groups in total. The van der Waals surface area contributed by atoms with Gasteiger partial charge in [-0.2, -0.15) is 0 Å². The van der Waals surface area contributed by atoms with Gasteiger partial charge in [-0.05, 0) is 48.9 Å². The zero-order valence-corrected chi connectivity index (χ0v) is 12.9. The van der Waals surface area contributed by atoms with Gasteiger partial charge in [-0.25, -0.2) is 0 Å². The highest BCUT2D eigenvalue weighted by atomic mass is 35.5. The molecule has 1 amide bonds. The van der Waals surface area contributed by atoms with Crippen LogP contribution in [-0.2, 0) is 19.7 Å². The molecule has 0 aromatic heterocycles. The van der Waals surface area contributed by atoms with Crippen LogP contribution in [0.25, 0.3) is 0 Å². The first-order chi connectivity index (χ1) is 10.6. The number of benzene rings is 1. The monoisotopic (exact) mass is 317 g/mol. The third-order valence-electron chi connectivity index (χ3n) is 5.21. The van der Waals surface area contributed by atoms with Crippen LogP contribution in [0.2, 0.25) is 5.02 Å². The molecule has 4 nitrogen and oxygen atoms in total. The SMILES string of the molecule is CCOC(=O)[C@@H]1[C@@H]2C=C[C@@H](C2)[C@@]12C(=O)Nc1ccc(Cl)cc12. The number of anilines is 1. The quantitative estimate of drug-likeness (QED) is 0.674. The van der Waals surface area contributed by atoms with Crippen LogP contribution in [0, 0.1) is 17.8 Å². The Bertz CT molecular complexity index is 714. The molecular weight excluding hydrogens is 302 g/mol. The largest absolute Gasteiger partial charge is 0.466 e. The Morgan fingerprint density at radius 1 is 1.45 bits per heavy atom. The molecule has 2 aliphatic carbocycles. The fourth-order valence-electron chi connectivity index (χ4n) is 4.47. The molecule has 1 saturated carbocycles. The topological polar surface area (TPSA) is 55.4 Å². The maximum atomic E-state index is 12.9. The van der Waals surface area contributed by atoms with Gasteiger partial charge in [0.05, 0.1) is 17.9 Å². The summed E-state index contributed by atoms with van der Waals surface area (Å²) in [6.07, 6.45) is 4.92. The summed E-state index contributed by atoms with van der Waals surface area (Å²) < 4.78 is 5.27. The average molecular weight is 318 g/mol. The molecule has 0 radical (unpaired) electrons. The maximum absolute atomic E-state index is 12.9. The molecule has 2 bridgehead atoms. The Hall–Kier alpha value is -1.81. The first-order valence-corrected chi connectivity index (χ1v) is 7.93. The molecule has 4 rings (SSSR count). The third-order valence-corrected chi connectivity index (χ3v) is 5.45. The van der Waals surface area contributed by atoms with Crippen LogP contribution in [0.1, 0.15) is 18.9 Å². The van der Waals surface area contributed by atoms with Crippen LogP contribution in [0.15, 0.2) is 30.4 Å². The molecule has 4 atom stereocenters. The van der Waals surface area contributed by atoms with Gasteiger partial charge in [-0.3, -0.25) is 9.59 Å². The number of esters is 1. The molecule has 1 spiro atoms. The summed E-state index contributed by atoms with van der Waals surface area (Å²) in [5.41, 5.74) is 0.718. The van der Waals surface area contributed by atoms with Crippen molar-refractivity contribution < 1.29 is 14.3 Å². The van der Waals surface area contributed by atoms with E-state index in [0.717, 1.165) is 17.7 Å². The van der Waals surface area contributed by atoms with Gasteiger partial charge in [-0.1, -0.05) is 23.8 Å². The Kier molecular flexibility index (Phi) is 2.89. The van der Waals surface area contributed by atoms with E-state index in [1.165, 1.54) is 0 Å². The first-order valence-electron chi connectivity index (χ1n) is 7.55. The molecular formula is C17H16ClNO3. The number of hydrogen-bond donors (Lipinski definition) is 1. The molecule has 1 aromatic carbocycles. The second kappa shape index (κ2) is 4.59. The summed E-state index contributed by atoms with van der Waals surface area (Å²) in [7, 11) is 0. The van der Waals surface area contributed by atoms with Crippen molar-refractivity contribution in [3.63, 3.8) is 0 Å². The molecule has 114 valence electrons. The third kappa shape index (κ3) is 1.53. The summed E-state index contributed by atoms with van der Waals surface area (Å²) in [5, 5.41) is 3.50. The van der Waals surface area contributed by atoms with E-state index in [0.29, 0.717) is 11.6 Å². The van der Waals surface area contributed by atoms with Crippen molar-refractivity contribution in [1.29, 1.82) is 0 Å². The molecule has 3 aliphatic rings. The molecule has 0 unspecified atom stereocenters. The van der Waals surface area contributed by atoms with E-state index in [1.54, 1.807) is 13.0 Å². The average Bonchev–Trinajstić information content (AvgIpc) is 3.14. The number of rotatable bonds is 2. The summed E-state index contributed by atoms with van der Waals surface area (Å²) in [5.74, 6) is -0.796. The number of fused-ring (bicyclic) bond motifs is 5. The fourth-order valence-corrected chi connectivity index (χ4v) is 4.64. The lowest BCUT2D eigenvalue weighted by Gasteiger charge is -2.35. The van der Waals surface area contributed by atoms with Crippen LogP contribution >= 0.6 is 11.6 Å². The highest BCUT2D eigenvalue weighted by molar-refractivity contribution is 6.31. The maximum Gasteiger partial charge on any atom is 0.310 e. The molecule has 0 saturated heterocycles. The second-order valence-corrected chi connectivity index (χ2v) is 6.57. The lowest BCUT2D eigenvalue weighted by Crippen LogP contribution is -2.48. The van der Waals surface area contributed by atoms with Crippen molar-refractivity contribution in [2.75, 3.05) is 11.9 Å². The number of ether oxygens (including phenoxy) is 1. The van der Waals surface area contributed by atoms with Gasteiger partial charge in [0.25, 0.3) is 0 Å². The predicted molar refractivity (Wildman–Crippen MR) is 82.6 cm³/mol. The minimum absolute atomic E-state index is 0.0200. The van der Waals surface area contributed by atoms with Crippen LogP contribution in [0.5, 0.6) is 0 Å².